The van der Waals surface area contributed by atoms with Crippen LogP contribution < -0.4 is 20.9 Å². The van der Waals surface area contributed by atoms with E-state index < -0.39 is 11.8 Å². The zero-order chi connectivity index (χ0) is 24.6. The van der Waals surface area contributed by atoms with E-state index in [4.69, 9.17) is 4.74 Å². The SMILES string of the molecule is O=C(CCC(=O)NNC(=O)c1cc2cc(Oc3ccccc3)ccc2[nH]1)NCc1ccc(F)cc1. The van der Waals surface area contributed by atoms with Crippen LogP contribution in [-0.2, 0) is 16.1 Å². The number of aromatic amines is 1. The van der Waals surface area contributed by atoms with Crippen molar-refractivity contribution in [1.82, 2.24) is 21.2 Å². The zero-order valence-electron chi connectivity index (χ0n) is 18.6. The van der Waals surface area contributed by atoms with Gasteiger partial charge in [-0.15, -0.1) is 0 Å². The number of halogens is 1. The third-order valence-corrected chi connectivity index (χ3v) is 5.11. The lowest BCUT2D eigenvalue weighted by molar-refractivity contribution is -0.126. The Morgan fingerprint density at radius 2 is 1.54 bits per heavy atom. The van der Waals surface area contributed by atoms with E-state index in [0.29, 0.717) is 11.5 Å². The summed E-state index contributed by atoms with van der Waals surface area (Å²) >= 11 is 0. The van der Waals surface area contributed by atoms with Crippen molar-refractivity contribution in [3.8, 4) is 11.5 Å². The second kappa shape index (κ2) is 11.0. The second-order valence-corrected chi connectivity index (χ2v) is 7.75. The Morgan fingerprint density at radius 1 is 0.800 bits per heavy atom. The molecule has 0 atom stereocenters. The van der Waals surface area contributed by atoms with Crippen LogP contribution in [0.2, 0.25) is 0 Å². The van der Waals surface area contributed by atoms with Crippen molar-refractivity contribution in [3.05, 3.63) is 95.9 Å². The lowest BCUT2D eigenvalue weighted by Gasteiger charge is -2.07. The van der Waals surface area contributed by atoms with Crippen LogP contribution in [0.5, 0.6) is 11.5 Å². The number of para-hydroxylation sites is 1. The summed E-state index contributed by atoms with van der Waals surface area (Å²) in [5, 5.41) is 3.43. The molecular weight excluding hydrogens is 451 g/mol. The fraction of sp³-hybridized carbons (Fsp3) is 0.115. The van der Waals surface area contributed by atoms with Crippen LogP contribution in [0, 0.1) is 5.82 Å². The molecule has 0 aliphatic rings. The number of hydrogen-bond acceptors (Lipinski definition) is 4. The van der Waals surface area contributed by atoms with E-state index in [2.05, 4.69) is 21.2 Å². The molecule has 4 rings (SSSR count). The first-order valence-electron chi connectivity index (χ1n) is 10.9. The lowest BCUT2D eigenvalue weighted by Crippen LogP contribution is -2.42. The highest BCUT2D eigenvalue weighted by molar-refractivity contribution is 5.99. The van der Waals surface area contributed by atoms with Gasteiger partial charge >= 0.3 is 0 Å². The third kappa shape index (κ3) is 6.67. The molecule has 0 radical (unpaired) electrons. The Balaban J connectivity index is 1.23. The maximum absolute atomic E-state index is 12.9. The molecule has 0 saturated heterocycles. The van der Waals surface area contributed by atoms with Gasteiger partial charge < -0.3 is 15.0 Å². The maximum Gasteiger partial charge on any atom is 0.286 e. The van der Waals surface area contributed by atoms with E-state index in [1.165, 1.54) is 12.1 Å². The number of rotatable bonds is 8. The Bertz CT molecular complexity index is 1340. The normalized spacial score (nSPS) is 10.5. The maximum atomic E-state index is 12.9. The van der Waals surface area contributed by atoms with Crippen molar-refractivity contribution in [2.24, 2.45) is 0 Å². The summed E-state index contributed by atoms with van der Waals surface area (Å²) < 4.78 is 18.7. The smallest absolute Gasteiger partial charge is 0.286 e. The summed E-state index contributed by atoms with van der Waals surface area (Å²) in [5.74, 6) is -0.397. The molecule has 3 aromatic carbocycles. The van der Waals surface area contributed by atoms with Crippen LogP contribution in [0.4, 0.5) is 4.39 Å². The molecule has 178 valence electrons. The van der Waals surface area contributed by atoms with Crippen LogP contribution >= 0.6 is 0 Å². The molecule has 1 aromatic heterocycles. The summed E-state index contributed by atoms with van der Waals surface area (Å²) in [5.41, 5.74) is 6.37. The molecule has 9 heteroatoms. The largest absolute Gasteiger partial charge is 0.457 e. The molecule has 1 heterocycles. The van der Waals surface area contributed by atoms with Gasteiger partial charge in [-0.1, -0.05) is 30.3 Å². The first kappa shape index (κ1) is 23.5. The number of carbonyl (C=O) groups excluding carboxylic acids is 3. The number of nitrogens with one attached hydrogen (secondary N) is 4. The summed E-state index contributed by atoms with van der Waals surface area (Å²) in [6, 6.07) is 22.1. The van der Waals surface area contributed by atoms with E-state index in [-0.39, 0.29) is 36.8 Å². The molecular formula is C26H23FN4O4. The number of benzene rings is 3. The third-order valence-electron chi connectivity index (χ3n) is 5.11. The van der Waals surface area contributed by atoms with Crippen molar-refractivity contribution >= 4 is 28.6 Å². The Labute approximate surface area is 200 Å². The molecule has 0 bridgehead atoms. The predicted octanol–water partition coefficient (Wildman–Crippen LogP) is 3.96. The number of amides is 3. The minimum atomic E-state index is -0.527. The minimum Gasteiger partial charge on any atom is -0.457 e. The van der Waals surface area contributed by atoms with Gasteiger partial charge in [0.05, 0.1) is 0 Å². The van der Waals surface area contributed by atoms with Crippen molar-refractivity contribution < 1.29 is 23.5 Å². The molecule has 0 aliphatic carbocycles. The molecule has 3 amide bonds. The predicted molar refractivity (Wildman–Crippen MR) is 128 cm³/mol. The lowest BCUT2D eigenvalue weighted by atomic mass is 10.2. The number of hydrogen-bond donors (Lipinski definition) is 4. The quantitative estimate of drug-likeness (QED) is 0.290. The average molecular weight is 474 g/mol. The monoisotopic (exact) mass is 474 g/mol. The van der Waals surface area contributed by atoms with Gasteiger partial charge in [-0.25, -0.2) is 4.39 Å². The Hall–Kier alpha value is -4.66. The van der Waals surface area contributed by atoms with Gasteiger partial charge in [0.2, 0.25) is 11.8 Å². The molecule has 0 saturated carbocycles. The molecule has 4 N–H and O–H groups in total. The number of aromatic nitrogens is 1. The molecule has 0 spiro atoms. The van der Waals surface area contributed by atoms with Crippen molar-refractivity contribution in [1.29, 1.82) is 0 Å². The minimum absolute atomic E-state index is 0.0561. The van der Waals surface area contributed by atoms with E-state index >= 15 is 0 Å². The molecule has 0 aliphatic heterocycles. The van der Waals surface area contributed by atoms with Gasteiger partial charge in [-0.3, -0.25) is 25.2 Å². The second-order valence-electron chi connectivity index (χ2n) is 7.75. The first-order chi connectivity index (χ1) is 17.0. The van der Waals surface area contributed by atoms with E-state index in [0.717, 1.165) is 16.5 Å². The van der Waals surface area contributed by atoms with E-state index in [1.807, 2.05) is 30.3 Å². The van der Waals surface area contributed by atoms with Crippen molar-refractivity contribution in [3.63, 3.8) is 0 Å². The van der Waals surface area contributed by atoms with Crippen molar-refractivity contribution in [2.45, 2.75) is 19.4 Å². The topological polar surface area (TPSA) is 112 Å². The summed E-state index contributed by atoms with van der Waals surface area (Å²) in [7, 11) is 0. The molecule has 8 nitrogen and oxygen atoms in total. The van der Waals surface area contributed by atoms with Crippen LogP contribution in [0.15, 0.2) is 78.9 Å². The van der Waals surface area contributed by atoms with Gasteiger partial charge in [0.25, 0.3) is 5.91 Å². The molecule has 0 fully saturated rings. The van der Waals surface area contributed by atoms with Crippen molar-refractivity contribution in [2.75, 3.05) is 0 Å². The van der Waals surface area contributed by atoms with Crippen LogP contribution in [0.3, 0.4) is 0 Å². The highest BCUT2D eigenvalue weighted by atomic mass is 19.1. The van der Waals surface area contributed by atoms with Gasteiger partial charge in [0.1, 0.15) is 23.0 Å². The number of H-pyrrole nitrogens is 1. The van der Waals surface area contributed by atoms with E-state index in [9.17, 15) is 18.8 Å². The van der Waals surface area contributed by atoms with Crippen LogP contribution in [0.1, 0.15) is 28.9 Å². The highest BCUT2D eigenvalue weighted by Crippen LogP contribution is 2.26. The van der Waals surface area contributed by atoms with Gasteiger partial charge in [0.15, 0.2) is 0 Å². The summed E-state index contributed by atoms with van der Waals surface area (Å²) in [6.07, 6.45) is -0.165. The highest BCUT2D eigenvalue weighted by Gasteiger charge is 2.12. The number of fused-ring (bicyclic) bond motifs is 1. The van der Waals surface area contributed by atoms with Crippen LogP contribution in [-0.4, -0.2) is 22.7 Å². The van der Waals surface area contributed by atoms with Gasteiger partial charge in [-0.2, -0.15) is 0 Å². The summed E-state index contributed by atoms with van der Waals surface area (Å²) in [6.45, 7) is 0.232. The molecule has 4 aromatic rings. The summed E-state index contributed by atoms with van der Waals surface area (Å²) in [4.78, 5) is 39.3. The van der Waals surface area contributed by atoms with Gasteiger partial charge in [0, 0.05) is 30.3 Å². The molecule has 0 unspecified atom stereocenters. The fourth-order valence-electron chi connectivity index (χ4n) is 3.30. The Kier molecular flexibility index (Phi) is 7.37. The fourth-order valence-corrected chi connectivity index (χ4v) is 3.30. The Morgan fingerprint density at radius 3 is 2.31 bits per heavy atom. The zero-order valence-corrected chi connectivity index (χ0v) is 18.6. The number of carbonyl (C=O) groups is 3. The standard InChI is InChI=1S/C26H23FN4O4/c27-19-8-6-17(7-9-19)16-28-24(32)12-13-25(33)30-31-26(34)23-15-18-14-21(10-11-22(18)29-23)35-20-4-2-1-3-5-20/h1-11,14-15,29H,12-13,16H2,(H,28,32)(H,30,33)(H,31,34). The average Bonchev–Trinajstić information content (AvgIpc) is 3.30. The first-order valence-corrected chi connectivity index (χ1v) is 10.9. The van der Waals surface area contributed by atoms with Crippen LogP contribution in [0.25, 0.3) is 10.9 Å². The number of ether oxygens (including phenoxy) is 1. The van der Waals surface area contributed by atoms with Gasteiger partial charge in [-0.05, 0) is 54.1 Å². The number of hydrazine groups is 1. The molecule has 35 heavy (non-hydrogen) atoms. The van der Waals surface area contributed by atoms with E-state index in [1.54, 1.807) is 36.4 Å².